The molecule has 2 atom stereocenters. The predicted molar refractivity (Wildman–Crippen MR) is 95.2 cm³/mol. The average molecular weight is 386 g/mol. The molecule has 1 aliphatic rings. The maximum Gasteiger partial charge on any atom is 0.573 e. The number of benzene rings is 1. The van der Waals surface area contributed by atoms with Crippen LogP contribution in [0.25, 0.3) is 10.2 Å². The summed E-state index contributed by atoms with van der Waals surface area (Å²) >= 11 is 1.14. The summed E-state index contributed by atoms with van der Waals surface area (Å²) in [6.45, 7) is 6.49. The monoisotopic (exact) mass is 386 g/mol. The van der Waals surface area contributed by atoms with Crippen LogP contribution in [0.1, 0.15) is 40.0 Å². The number of fused-ring (bicyclic) bond motifs is 1. The molecule has 1 aromatic heterocycles. The highest BCUT2D eigenvalue weighted by Crippen LogP contribution is 2.42. The van der Waals surface area contributed by atoms with Gasteiger partial charge in [0.25, 0.3) is 0 Å². The minimum absolute atomic E-state index is 0.0737. The van der Waals surface area contributed by atoms with E-state index in [0.717, 1.165) is 30.6 Å². The molecule has 142 valence electrons. The molecule has 1 aliphatic carbocycles. The van der Waals surface area contributed by atoms with Gasteiger partial charge >= 0.3 is 6.36 Å². The van der Waals surface area contributed by atoms with Crippen LogP contribution in [-0.2, 0) is 4.79 Å². The van der Waals surface area contributed by atoms with E-state index in [-0.39, 0.29) is 23.0 Å². The standard InChI is InChI=1S/C18H21F3N2O2S/c1-10-6-11(9-17(2,3)8-10)15(24)23-16-22-13-5-4-12(7-14(13)26-16)25-18(19,20)21/h4-5,7,10-11H,6,8-9H2,1-3H3,(H,22,23,24). The molecule has 0 bridgehead atoms. The summed E-state index contributed by atoms with van der Waals surface area (Å²) in [5.74, 6) is 0.0293. The van der Waals surface area contributed by atoms with E-state index in [1.807, 2.05) is 0 Å². The third kappa shape index (κ3) is 4.66. The minimum Gasteiger partial charge on any atom is -0.406 e. The Hall–Kier alpha value is -1.83. The molecule has 0 radical (unpaired) electrons. The number of carbonyl (C=O) groups excluding carboxylic acids is 1. The Bertz CT molecular complexity index is 816. The topological polar surface area (TPSA) is 51.2 Å². The van der Waals surface area contributed by atoms with Crippen molar-refractivity contribution in [3.8, 4) is 5.75 Å². The van der Waals surface area contributed by atoms with Gasteiger partial charge in [0.2, 0.25) is 5.91 Å². The van der Waals surface area contributed by atoms with Crippen molar-refractivity contribution in [3.63, 3.8) is 0 Å². The van der Waals surface area contributed by atoms with Crippen molar-refractivity contribution in [1.82, 2.24) is 4.98 Å². The van der Waals surface area contributed by atoms with E-state index in [2.05, 4.69) is 35.8 Å². The zero-order chi connectivity index (χ0) is 19.1. The number of rotatable bonds is 3. The molecule has 1 saturated carbocycles. The van der Waals surface area contributed by atoms with Crippen LogP contribution in [0.5, 0.6) is 5.75 Å². The summed E-state index contributed by atoms with van der Waals surface area (Å²) in [5.41, 5.74) is 0.647. The lowest BCUT2D eigenvalue weighted by Crippen LogP contribution is -2.34. The van der Waals surface area contributed by atoms with Gasteiger partial charge in [-0.2, -0.15) is 0 Å². The quantitative estimate of drug-likeness (QED) is 0.747. The van der Waals surface area contributed by atoms with Crippen LogP contribution in [0.3, 0.4) is 0 Å². The third-order valence-electron chi connectivity index (χ3n) is 4.58. The zero-order valence-corrected chi connectivity index (χ0v) is 15.6. The lowest BCUT2D eigenvalue weighted by molar-refractivity contribution is -0.274. The third-order valence-corrected chi connectivity index (χ3v) is 5.51. The van der Waals surface area contributed by atoms with Crippen molar-refractivity contribution < 1.29 is 22.7 Å². The number of thiazole rings is 1. The lowest BCUT2D eigenvalue weighted by Gasteiger charge is -2.38. The van der Waals surface area contributed by atoms with Gasteiger partial charge < -0.3 is 10.1 Å². The van der Waals surface area contributed by atoms with Crippen LogP contribution in [0.4, 0.5) is 18.3 Å². The molecule has 0 saturated heterocycles. The Morgan fingerprint density at radius 2 is 2.08 bits per heavy atom. The van der Waals surface area contributed by atoms with E-state index in [0.29, 0.717) is 21.3 Å². The van der Waals surface area contributed by atoms with Gasteiger partial charge in [0, 0.05) is 12.0 Å². The first kappa shape index (κ1) is 18.9. The number of carbonyl (C=O) groups is 1. The molecule has 1 heterocycles. The number of nitrogens with zero attached hydrogens (tertiary/aromatic N) is 1. The number of nitrogens with one attached hydrogen (secondary N) is 1. The zero-order valence-electron chi connectivity index (χ0n) is 14.8. The molecule has 26 heavy (non-hydrogen) atoms. The number of aromatic nitrogens is 1. The number of alkyl halides is 3. The molecule has 8 heteroatoms. The van der Waals surface area contributed by atoms with Crippen LogP contribution in [-0.4, -0.2) is 17.3 Å². The maximum absolute atomic E-state index is 12.6. The normalized spacial score (nSPS) is 23.0. The molecule has 1 N–H and O–H groups in total. The Labute approximate surface area is 153 Å². The van der Waals surface area contributed by atoms with Gasteiger partial charge in [-0.25, -0.2) is 4.98 Å². The molecule has 0 aliphatic heterocycles. The molecule has 2 unspecified atom stereocenters. The van der Waals surface area contributed by atoms with Crippen LogP contribution in [0.15, 0.2) is 18.2 Å². The fourth-order valence-electron chi connectivity index (χ4n) is 3.91. The van der Waals surface area contributed by atoms with Gasteiger partial charge in [-0.3, -0.25) is 4.79 Å². The van der Waals surface area contributed by atoms with Crippen LogP contribution in [0.2, 0.25) is 0 Å². The highest BCUT2D eigenvalue weighted by molar-refractivity contribution is 7.22. The van der Waals surface area contributed by atoms with Gasteiger partial charge in [0.1, 0.15) is 5.75 Å². The second kappa shape index (κ2) is 6.72. The van der Waals surface area contributed by atoms with E-state index in [1.165, 1.54) is 18.2 Å². The number of hydrogen-bond acceptors (Lipinski definition) is 4. The number of hydrogen-bond donors (Lipinski definition) is 1. The Balaban J connectivity index is 1.73. The second-order valence-corrected chi connectivity index (χ2v) is 8.83. The van der Waals surface area contributed by atoms with E-state index in [1.54, 1.807) is 0 Å². The molecule has 1 fully saturated rings. The van der Waals surface area contributed by atoms with Gasteiger partial charge in [0.05, 0.1) is 10.2 Å². The Morgan fingerprint density at radius 1 is 1.35 bits per heavy atom. The Morgan fingerprint density at radius 3 is 2.73 bits per heavy atom. The predicted octanol–water partition coefficient (Wildman–Crippen LogP) is 5.60. The number of anilines is 1. The van der Waals surface area contributed by atoms with Crippen molar-refractivity contribution in [2.45, 2.75) is 46.4 Å². The number of amides is 1. The van der Waals surface area contributed by atoms with Crippen molar-refractivity contribution in [3.05, 3.63) is 18.2 Å². The van der Waals surface area contributed by atoms with E-state index in [4.69, 9.17) is 0 Å². The first-order valence-electron chi connectivity index (χ1n) is 8.48. The van der Waals surface area contributed by atoms with Crippen molar-refractivity contribution in [1.29, 1.82) is 0 Å². The SMILES string of the molecule is CC1CC(C(=O)Nc2nc3ccc(OC(F)(F)F)cc3s2)CC(C)(C)C1. The number of ether oxygens (including phenoxy) is 1. The summed E-state index contributed by atoms with van der Waals surface area (Å²) < 4.78 is 41.4. The van der Waals surface area contributed by atoms with E-state index in [9.17, 15) is 18.0 Å². The fraction of sp³-hybridized carbons (Fsp3) is 0.556. The molecular weight excluding hydrogens is 365 g/mol. The average Bonchev–Trinajstić information content (AvgIpc) is 2.84. The van der Waals surface area contributed by atoms with Gasteiger partial charge in [0.15, 0.2) is 5.13 Å². The number of halogens is 3. The first-order chi connectivity index (χ1) is 12.0. The molecule has 4 nitrogen and oxygen atoms in total. The molecule has 0 spiro atoms. The van der Waals surface area contributed by atoms with Gasteiger partial charge in [-0.1, -0.05) is 32.1 Å². The van der Waals surface area contributed by atoms with Crippen LogP contribution >= 0.6 is 11.3 Å². The molecular formula is C18H21F3N2O2S. The molecule has 3 rings (SSSR count). The lowest BCUT2D eigenvalue weighted by atomic mass is 9.68. The summed E-state index contributed by atoms with van der Waals surface area (Å²) in [7, 11) is 0. The highest BCUT2D eigenvalue weighted by atomic mass is 32.1. The van der Waals surface area contributed by atoms with E-state index < -0.39 is 6.36 Å². The summed E-state index contributed by atoms with van der Waals surface area (Å²) in [4.78, 5) is 16.9. The van der Waals surface area contributed by atoms with Crippen LogP contribution < -0.4 is 10.1 Å². The summed E-state index contributed by atoms with van der Waals surface area (Å²) in [6.07, 6.45) is -1.98. The smallest absolute Gasteiger partial charge is 0.406 e. The molecule has 1 amide bonds. The van der Waals surface area contributed by atoms with Crippen molar-refractivity contribution in [2.24, 2.45) is 17.3 Å². The van der Waals surface area contributed by atoms with Crippen LogP contribution in [0, 0.1) is 17.3 Å². The minimum atomic E-state index is -4.74. The maximum atomic E-state index is 12.6. The van der Waals surface area contributed by atoms with E-state index >= 15 is 0 Å². The fourth-order valence-corrected chi connectivity index (χ4v) is 4.81. The highest BCUT2D eigenvalue weighted by Gasteiger charge is 2.36. The molecule has 2 aromatic rings. The van der Waals surface area contributed by atoms with Crippen molar-refractivity contribution in [2.75, 3.05) is 5.32 Å². The summed E-state index contributed by atoms with van der Waals surface area (Å²) in [5, 5.41) is 3.23. The van der Waals surface area contributed by atoms with Gasteiger partial charge in [-0.15, -0.1) is 13.2 Å². The second-order valence-electron chi connectivity index (χ2n) is 7.80. The summed E-state index contributed by atoms with van der Waals surface area (Å²) in [6, 6.07) is 3.95. The first-order valence-corrected chi connectivity index (χ1v) is 9.30. The van der Waals surface area contributed by atoms with Crippen molar-refractivity contribution >= 4 is 32.6 Å². The largest absolute Gasteiger partial charge is 0.573 e. The van der Waals surface area contributed by atoms with Gasteiger partial charge in [-0.05, 0) is 42.7 Å². The Kier molecular flexibility index (Phi) is 4.90. The molecule has 1 aromatic carbocycles.